The first-order valence-electron chi connectivity index (χ1n) is 10.3. The third kappa shape index (κ3) is 4.81. The molecule has 1 aromatic heterocycles. The number of methoxy groups -OCH3 is 1. The van der Waals surface area contributed by atoms with Crippen molar-refractivity contribution in [3.8, 4) is 10.4 Å². The zero-order chi connectivity index (χ0) is 21.1. The number of thiophene rings is 1. The van der Waals surface area contributed by atoms with Crippen molar-refractivity contribution in [3.05, 3.63) is 82.0 Å². The number of hydrogen-bond acceptors (Lipinski definition) is 4. The maximum Gasteiger partial charge on any atom is 0.123 e. The van der Waals surface area contributed by atoms with Crippen molar-refractivity contribution >= 4 is 11.3 Å². The molecule has 0 bridgehead atoms. The van der Waals surface area contributed by atoms with Gasteiger partial charge in [0.15, 0.2) is 0 Å². The van der Waals surface area contributed by atoms with Gasteiger partial charge < -0.3 is 14.6 Å². The van der Waals surface area contributed by atoms with E-state index in [-0.39, 0.29) is 30.7 Å². The number of aliphatic hydroxyl groups excluding tert-OH is 1. The Morgan fingerprint density at radius 1 is 1.10 bits per heavy atom. The number of hydrogen-bond donors (Lipinski definition) is 1. The lowest BCUT2D eigenvalue weighted by Gasteiger charge is -2.34. The third-order valence-electron chi connectivity index (χ3n) is 5.80. The molecule has 2 heterocycles. The first kappa shape index (κ1) is 21.2. The number of aryl methyl sites for hydroxylation is 1. The molecule has 0 spiro atoms. The Balaban J connectivity index is 1.53. The van der Waals surface area contributed by atoms with Gasteiger partial charge in [-0.05, 0) is 53.4 Å². The normalized spacial score (nSPS) is 21.7. The summed E-state index contributed by atoms with van der Waals surface area (Å²) in [6.45, 7) is 2.14. The van der Waals surface area contributed by atoms with Crippen LogP contribution < -0.4 is 0 Å². The first-order chi connectivity index (χ1) is 14.6. The quantitative estimate of drug-likeness (QED) is 0.551. The highest BCUT2D eigenvalue weighted by molar-refractivity contribution is 7.15. The second-order valence-electron chi connectivity index (χ2n) is 7.89. The number of ether oxygens (including phenoxy) is 2. The van der Waals surface area contributed by atoms with E-state index < -0.39 is 0 Å². The van der Waals surface area contributed by atoms with E-state index in [1.54, 1.807) is 18.4 Å². The summed E-state index contributed by atoms with van der Waals surface area (Å²) in [5.41, 5.74) is 4.68. The van der Waals surface area contributed by atoms with E-state index in [2.05, 4.69) is 37.3 Å². The van der Waals surface area contributed by atoms with Crippen LogP contribution in [0.15, 0.2) is 54.6 Å². The molecule has 1 aliphatic heterocycles. The van der Waals surface area contributed by atoms with Gasteiger partial charge in [0, 0.05) is 36.1 Å². The van der Waals surface area contributed by atoms with Crippen molar-refractivity contribution in [3.63, 3.8) is 0 Å². The topological polar surface area (TPSA) is 38.7 Å². The monoisotopic (exact) mass is 426 g/mol. The van der Waals surface area contributed by atoms with Crippen LogP contribution in [0.2, 0.25) is 0 Å². The average Bonchev–Trinajstić information content (AvgIpc) is 3.24. The van der Waals surface area contributed by atoms with Gasteiger partial charge in [0.25, 0.3) is 0 Å². The molecule has 3 aromatic rings. The zero-order valence-corrected chi connectivity index (χ0v) is 18.1. The van der Waals surface area contributed by atoms with Crippen LogP contribution in [0.4, 0.5) is 4.39 Å². The minimum atomic E-state index is -0.216. The lowest BCUT2D eigenvalue weighted by Crippen LogP contribution is -2.34. The van der Waals surface area contributed by atoms with Crippen LogP contribution in [-0.4, -0.2) is 31.0 Å². The van der Waals surface area contributed by atoms with Crippen molar-refractivity contribution in [1.82, 2.24) is 0 Å². The predicted octanol–water partition coefficient (Wildman–Crippen LogP) is 5.68. The standard InChI is InChI=1S/C25H27FO3S/c1-16-3-4-18(24-14-21(28-2)13-22(15-27)29-24)11-19(16)12-23-9-10-25(30-23)17-5-7-20(26)8-6-17/h3-11,21-22,24,27H,12-15H2,1-2H3/t21-,22-,24+/m0/s1. The minimum absolute atomic E-state index is 0.0104. The maximum atomic E-state index is 13.2. The lowest BCUT2D eigenvalue weighted by molar-refractivity contribution is -0.122. The smallest absolute Gasteiger partial charge is 0.123 e. The van der Waals surface area contributed by atoms with Crippen LogP contribution in [-0.2, 0) is 15.9 Å². The molecule has 3 atom stereocenters. The molecule has 4 rings (SSSR count). The van der Waals surface area contributed by atoms with Gasteiger partial charge in [0.2, 0.25) is 0 Å². The highest BCUT2D eigenvalue weighted by atomic mass is 32.1. The summed E-state index contributed by atoms with van der Waals surface area (Å²) < 4.78 is 24.9. The van der Waals surface area contributed by atoms with Crippen molar-refractivity contribution in [2.24, 2.45) is 0 Å². The highest BCUT2D eigenvalue weighted by Gasteiger charge is 2.30. The lowest BCUT2D eigenvalue weighted by atomic mass is 9.93. The molecule has 1 N–H and O–H groups in total. The fourth-order valence-corrected chi connectivity index (χ4v) is 5.04. The highest BCUT2D eigenvalue weighted by Crippen LogP contribution is 2.35. The SMILES string of the molecule is CO[C@H]1C[C@@H](CO)O[C@@H](c2ccc(C)c(Cc3ccc(-c4ccc(F)cc4)s3)c2)C1. The summed E-state index contributed by atoms with van der Waals surface area (Å²) in [5, 5.41) is 9.57. The summed E-state index contributed by atoms with van der Waals surface area (Å²) in [4.78, 5) is 2.41. The van der Waals surface area contributed by atoms with Crippen LogP contribution in [0.1, 0.15) is 40.5 Å². The molecule has 5 heteroatoms. The van der Waals surface area contributed by atoms with Crippen molar-refractivity contribution in [2.75, 3.05) is 13.7 Å². The second-order valence-corrected chi connectivity index (χ2v) is 9.06. The Hall–Kier alpha value is -2.05. The second kappa shape index (κ2) is 9.40. The molecule has 0 amide bonds. The molecule has 30 heavy (non-hydrogen) atoms. The van der Waals surface area contributed by atoms with Gasteiger partial charge >= 0.3 is 0 Å². The molecule has 0 radical (unpaired) electrons. The van der Waals surface area contributed by atoms with Crippen LogP contribution >= 0.6 is 11.3 Å². The third-order valence-corrected chi connectivity index (χ3v) is 6.93. The van der Waals surface area contributed by atoms with Gasteiger partial charge in [-0.25, -0.2) is 4.39 Å². The molecule has 1 fully saturated rings. The predicted molar refractivity (Wildman–Crippen MR) is 118 cm³/mol. The fraction of sp³-hybridized carbons (Fsp3) is 0.360. The van der Waals surface area contributed by atoms with E-state index in [1.807, 2.05) is 12.1 Å². The molecular weight excluding hydrogens is 399 g/mol. The van der Waals surface area contributed by atoms with Crippen molar-refractivity contribution < 1.29 is 19.0 Å². The Morgan fingerprint density at radius 2 is 1.90 bits per heavy atom. The van der Waals surface area contributed by atoms with Gasteiger partial charge in [-0.3, -0.25) is 0 Å². The van der Waals surface area contributed by atoms with Gasteiger partial charge in [-0.15, -0.1) is 11.3 Å². The zero-order valence-electron chi connectivity index (χ0n) is 17.3. The van der Waals surface area contributed by atoms with E-state index >= 15 is 0 Å². The summed E-state index contributed by atoms with van der Waals surface area (Å²) in [5.74, 6) is -0.216. The van der Waals surface area contributed by atoms with Gasteiger partial charge in [-0.2, -0.15) is 0 Å². The molecule has 0 unspecified atom stereocenters. The number of aliphatic hydroxyl groups is 1. The Morgan fingerprint density at radius 3 is 2.63 bits per heavy atom. The first-order valence-corrected chi connectivity index (χ1v) is 11.1. The summed E-state index contributed by atoms with van der Waals surface area (Å²) in [6, 6.07) is 17.4. The molecule has 3 nitrogen and oxygen atoms in total. The molecule has 158 valence electrons. The molecule has 0 saturated carbocycles. The van der Waals surface area contributed by atoms with E-state index in [4.69, 9.17) is 9.47 Å². The Labute approximate surface area is 181 Å². The van der Waals surface area contributed by atoms with E-state index in [1.165, 1.54) is 28.1 Å². The van der Waals surface area contributed by atoms with Crippen molar-refractivity contribution in [2.45, 2.75) is 44.5 Å². The molecule has 1 aliphatic rings. The van der Waals surface area contributed by atoms with Gasteiger partial charge in [0.05, 0.1) is 24.9 Å². The summed E-state index contributed by atoms with van der Waals surface area (Å²) >= 11 is 1.74. The number of halogens is 1. The minimum Gasteiger partial charge on any atom is -0.394 e. The molecular formula is C25H27FO3S. The van der Waals surface area contributed by atoms with Gasteiger partial charge in [0.1, 0.15) is 5.82 Å². The molecule has 2 aromatic carbocycles. The van der Waals surface area contributed by atoms with E-state index in [0.29, 0.717) is 0 Å². The van der Waals surface area contributed by atoms with Crippen molar-refractivity contribution in [1.29, 1.82) is 0 Å². The number of rotatable bonds is 6. The van der Waals surface area contributed by atoms with Crippen LogP contribution in [0.25, 0.3) is 10.4 Å². The van der Waals surface area contributed by atoms with Crippen LogP contribution in [0, 0.1) is 12.7 Å². The van der Waals surface area contributed by atoms with E-state index in [9.17, 15) is 9.50 Å². The molecule has 1 saturated heterocycles. The summed E-state index contributed by atoms with van der Waals surface area (Å²) in [7, 11) is 1.72. The summed E-state index contributed by atoms with van der Waals surface area (Å²) in [6.07, 6.45) is 2.20. The van der Waals surface area contributed by atoms with E-state index in [0.717, 1.165) is 35.3 Å². The van der Waals surface area contributed by atoms with Gasteiger partial charge in [-0.1, -0.05) is 30.3 Å². The largest absolute Gasteiger partial charge is 0.394 e. The fourth-order valence-electron chi connectivity index (χ4n) is 4.01. The number of benzene rings is 2. The van der Waals surface area contributed by atoms with Crippen LogP contribution in [0.5, 0.6) is 0 Å². The molecule has 0 aliphatic carbocycles. The Bertz CT molecular complexity index is 970. The Kier molecular flexibility index (Phi) is 6.64. The average molecular weight is 427 g/mol. The van der Waals surface area contributed by atoms with Crippen LogP contribution in [0.3, 0.4) is 0 Å². The maximum absolute atomic E-state index is 13.2.